The van der Waals surface area contributed by atoms with Crippen LogP contribution in [0.1, 0.15) is 12.0 Å². The summed E-state index contributed by atoms with van der Waals surface area (Å²) in [6, 6.07) is 25.7. The van der Waals surface area contributed by atoms with Crippen LogP contribution in [0.4, 0.5) is 5.69 Å². The number of carbonyl (C=O) groups excluding carboxylic acids is 2. The van der Waals surface area contributed by atoms with Gasteiger partial charge in [0.25, 0.3) is 0 Å². The highest BCUT2D eigenvalue weighted by Gasteiger charge is 2.23. The molecule has 0 atom stereocenters. The van der Waals surface area contributed by atoms with Gasteiger partial charge in [-0.25, -0.2) is 12.7 Å². The molecule has 3 aromatic carbocycles. The van der Waals surface area contributed by atoms with Crippen molar-refractivity contribution >= 4 is 39.8 Å². The molecule has 0 aliphatic rings. The monoisotopic (exact) mass is 633 g/mol. The molecule has 0 aliphatic carbocycles. The molecule has 4 aromatic rings. The lowest BCUT2D eigenvalue weighted by molar-refractivity contribution is -0.116. The summed E-state index contributed by atoms with van der Waals surface area (Å²) < 4.78 is 28.5. The minimum atomic E-state index is -3.65. The molecule has 0 radical (unpaired) electrons. The summed E-state index contributed by atoms with van der Waals surface area (Å²) in [5, 5.41) is 18.4. The lowest BCUT2D eigenvalue weighted by Crippen LogP contribution is -2.33. The van der Waals surface area contributed by atoms with Crippen LogP contribution in [0.5, 0.6) is 0 Å². The second kappa shape index (κ2) is 15.8. The number of rotatable bonds is 11. The van der Waals surface area contributed by atoms with Gasteiger partial charge in [-0.15, -0.1) is 10.2 Å². The van der Waals surface area contributed by atoms with Crippen LogP contribution in [0.15, 0.2) is 88.9 Å². The Bertz CT molecular complexity index is 1720. The summed E-state index contributed by atoms with van der Waals surface area (Å²) in [5.74, 6) is 0.357. The predicted molar refractivity (Wildman–Crippen MR) is 172 cm³/mol. The van der Waals surface area contributed by atoms with Crippen LogP contribution in [0.2, 0.25) is 0 Å². The van der Waals surface area contributed by atoms with Gasteiger partial charge >= 0.3 is 0 Å². The van der Waals surface area contributed by atoms with Gasteiger partial charge < -0.3 is 9.80 Å². The number of nitrogens with zero attached hydrogens (tertiary/aromatic N) is 7. The topological polar surface area (TPSA) is 132 Å². The van der Waals surface area contributed by atoms with Crippen LogP contribution in [-0.4, -0.2) is 85.2 Å². The van der Waals surface area contributed by atoms with E-state index in [2.05, 4.69) is 16.3 Å². The summed E-state index contributed by atoms with van der Waals surface area (Å²) in [5.41, 5.74) is 3.10. The van der Waals surface area contributed by atoms with Gasteiger partial charge in [-0.2, -0.15) is 5.26 Å². The van der Waals surface area contributed by atoms with E-state index in [1.165, 1.54) is 30.8 Å². The van der Waals surface area contributed by atoms with Gasteiger partial charge in [0.1, 0.15) is 0 Å². The molecular weight excluding hydrogens is 599 g/mol. The van der Waals surface area contributed by atoms with Gasteiger partial charge in [0.05, 0.1) is 23.1 Å². The number of aromatic nitrogens is 3. The number of aryl methyl sites for hydroxylation is 1. The molecule has 13 heteroatoms. The number of nitriles is 1. The number of anilines is 1. The van der Waals surface area contributed by atoms with Crippen LogP contribution in [-0.2, 0) is 19.6 Å². The summed E-state index contributed by atoms with van der Waals surface area (Å²) in [7, 11) is 2.69. The van der Waals surface area contributed by atoms with E-state index in [0.717, 1.165) is 27.7 Å². The van der Waals surface area contributed by atoms with Gasteiger partial charge in [0.2, 0.25) is 22.3 Å². The van der Waals surface area contributed by atoms with Crippen molar-refractivity contribution in [2.24, 2.45) is 0 Å². The zero-order chi connectivity index (χ0) is 32.3. The third-order valence-corrected chi connectivity index (χ3v) is 8.84. The fraction of sp³-hybridized carbons (Fsp3) is 0.258. The first kappa shape index (κ1) is 34.0. The molecule has 1 heterocycles. The van der Waals surface area contributed by atoms with Crippen molar-refractivity contribution in [1.29, 1.82) is 5.26 Å². The first-order chi connectivity index (χ1) is 21.0. The number of hydrogen-bond acceptors (Lipinski definition) is 8. The third-order valence-electron chi connectivity index (χ3n) is 6.12. The van der Waals surface area contributed by atoms with E-state index in [1.54, 1.807) is 43.3 Å². The van der Waals surface area contributed by atoms with Crippen molar-refractivity contribution in [3.05, 3.63) is 84.4 Å². The van der Waals surface area contributed by atoms with Crippen molar-refractivity contribution in [3.63, 3.8) is 0 Å². The highest BCUT2D eigenvalue weighted by molar-refractivity contribution is 7.99. The Morgan fingerprint density at radius 3 is 2.27 bits per heavy atom. The van der Waals surface area contributed by atoms with Gasteiger partial charge in [-0.3, -0.25) is 14.2 Å². The molecule has 0 unspecified atom stereocenters. The van der Waals surface area contributed by atoms with Gasteiger partial charge in [0, 0.05) is 51.7 Å². The van der Waals surface area contributed by atoms with E-state index in [4.69, 9.17) is 5.26 Å². The Hall–Kier alpha value is -4.51. The van der Waals surface area contributed by atoms with E-state index < -0.39 is 10.0 Å². The van der Waals surface area contributed by atoms with E-state index in [9.17, 15) is 18.0 Å². The minimum absolute atomic E-state index is 0.0688. The SMILES string of the molecule is CN(C)C=O.Cc1cccc(-n2c(SCC(=O)N(CCC#N)c3ccccc3)nnc2-c2cccc(S(=O)(=O)N(C)C)c2)c1. The van der Waals surface area contributed by atoms with Crippen molar-refractivity contribution in [3.8, 4) is 23.1 Å². The average Bonchev–Trinajstić information content (AvgIpc) is 3.45. The Kier molecular flexibility index (Phi) is 12.2. The molecule has 0 fully saturated rings. The number of carbonyl (C=O) groups is 2. The van der Waals surface area contributed by atoms with E-state index in [-0.39, 0.29) is 29.5 Å². The highest BCUT2D eigenvalue weighted by atomic mass is 32.2. The molecule has 0 bridgehead atoms. The smallest absolute Gasteiger partial charge is 0.242 e. The van der Waals surface area contributed by atoms with Crippen LogP contribution in [0.25, 0.3) is 17.1 Å². The zero-order valence-corrected chi connectivity index (χ0v) is 26.9. The second-order valence-corrected chi connectivity index (χ2v) is 13.0. The minimum Gasteiger partial charge on any atom is -0.351 e. The quantitative estimate of drug-likeness (QED) is 0.177. The van der Waals surface area contributed by atoms with Crippen LogP contribution in [0, 0.1) is 18.3 Å². The summed E-state index contributed by atoms with van der Waals surface area (Å²) in [6.07, 6.45) is 0.959. The normalized spacial score (nSPS) is 10.8. The molecule has 0 saturated carbocycles. The van der Waals surface area contributed by atoms with Gasteiger partial charge in [-0.1, -0.05) is 54.2 Å². The largest absolute Gasteiger partial charge is 0.351 e. The third kappa shape index (κ3) is 8.76. The average molecular weight is 634 g/mol. The highest BCUT2D eigenvalue weighted by Crippen LogP contribution is 2.30. The standard InChI is InChI=1S/C28H28N6O3S2.C3H7NO/c1-21-10-7-14-24(18-21)34-27(22-11-8-15-25(19-22)39(36,37)32(2)3)30-31-28(34)38-20-26(35)33(17-9-16-29)23-12-5-4-6-13-23;1-4(2)3-5/h4-8,10-15,18-19H,9,17,20H2,1-3H3;3H,1-2H3. The number of hydrogen-bond donors (Lipinski definition) is 0. The van der Waals surface area contributed by atoms with Gasteiger partial charge in [-0.05, 0) is 48.9 Å². The lowest BCUT2D eigenvalue weighted by atomic mass is 10.2. The number of amides is 2. The molecule has 11 nitrogen and oxygen atoms in total. The Balaban J connectivity index is 0.000000978. The Labute approximate surface area is 262 Å². The molecule has 0 spiro atoms. The van der Waals surface area contributed by atoms with Crippen LogP contribution >= 0.6 is 11.8 Å². The molecule has 44 heavy (non-hydrogen) atoms. The van der Waals surface area contributed by atoms with Crippen molar-refractivity contribution in [2.75, 3.05) is 45.4 Å². The number of thioether (sulfide) groups is 1. The molecule has 230 valence electrons. The van der Waals surface area contributed by atoms with E-state index in [1.807, 2.05) is 66.1 Å². The zero-order valence-electron chi connectivity index (χ0n) is 25.3. The maximum absolute atomic E-state index is 13.3. The van der Waals surface area contributed by atoms with Crippen molar-refractivity contribution in [1.82, 2.24) is 24.0 Å². The Morgan fingerprint density at radius 2 is 1.66 bits per heavy atom. The summed E-state index contributed by atoms with van der Waals surface area (Å²) in [6.45, 7) is 2.25. The molecular formula is C31H35N7O4S2. The van der Waals surface area contributed by atoms with Crippen molar-refractivity contribution in [2.45, 2.75) is 23.4 Å². The van der Waals surface area contributed by atoms with Crippen molar-refractivity contribution < 1.29 is 18.0 Å². The summed E-state index contributed by atoms with van der Waals surface area (Å²) in [4.78, 5) is 25.9. The van der Waals surface area contributed by atoms with E-state index >= 15 is 0 Å². The van der Waals surface area contributed by atoms with E-state index in [0.29, 0.717) is 16.5 Å². The maximum Gasteiger partial charge on any atom is 0.242 e. The van der Waals surface area contributed by atoms with Crippen LogP contribution < -0.4 is 4.90 Å². The summed E-state index contributed by atoms with van der Waals surface area (Å²) >= 11 is 1.23. The second-order valence-electron chi connectivity index (χ2n) is 9.94. The fourth-order valence-corrected chi connectivity index (χ4v) is 5.70. The molecule has 0 N–H and O–H groups in total. The molecule has 2 amide bonds. The number of benzene rings is 3. The van der Waals surface area contributed by atoms with Gasteiger partial charge in [0.15, 0.2) is 11.0 Å². The number of sulfonamides is 1. The maximum atomic E-state index is 13.3. The van der Waals surface area contributed by atoms with Crippen LogP contribution in [0.3, 0.4) is 0 Å². The predicted octanol–water partition coefficient (Wildman–Crippen LogP) is 4.24. The first-order valence-electron chi connectivity index (χ1n) is 13.5. The fourth-order valence-electron chi connectivity index (χ4n) is 3.93. The number of para-hydroxylation sites is 1. The molecule has 1 aromatic heterocycles. The molecule has 0 saturated heterocycles. The molecule has 0 aliphatic heterocycles. The first-order valence-corrected chi connectivity index (χ1v) is 15.9. The Morgan fingerprint density at radius 1 is 0.977 bits per heavy atom. The molecule has 4 rings (SSSR count). The lowest BCUT2D eigenvalue weighted by Gasteiger charge is -2.21.